The van der Waals surface area contributed by atoms with E-state index in [-0.39, 0.29) is 17.6 Å². The monoisotopic (exact) mass is 445 g/mol. The van der Waals surface area contributed by atoms with Crippen LogP contribution in [0.1, 0.15) is 21.6 Å². The summed E-state index contributed by atoms with van der Waals surface area (Å²) in [5.41, 5.74) is 3.86. The Kier molecular flexibility index (Phi) is 5.75. The number of hydrogen-bond acceptors (Lipinski definition) is 4. The number of nitrogens with zero attached hydrogens (tertiary/aromatic N) is 2. The smallest absolute Gasteiger partial charge is 0.193 e. The van der Waals surface area contributed by atoms with E-state index < -0.39 is 0 Å². The van der Waals surface area contributed by atoms with Crippen molar-refractivity contribution < 1.29 is 4.79 Å². The maximum absolute atomic E-state index is 13.4. The van der Waals surface area contributed by atoms with Crippen LogP contribution in [0.4, 0.5) is 11.5 Å². The number of rotatable bonds is 6. The summed E-state index contributed by atoms with van der Waals surface area (Å²) in [6.07, 6.45) is 0.216. The summed E-state index contributed by atoms with van der Waals surface area (Å²) in [7, 11) is 0. The van der Waals surface area contributed by atoms with E-state index in [9.17, 15) is 9.59 Å². The number of fused-ring (bicyclic) bond motifs is 1. The summed E-state index contributed by atoms with van der Waals surface area (Å²) in [5.74, 6) is 0.469. The average Bonchev–Trinajstić information content (AvgIpc) is 2.85. The number of aromatic nitrogens is 2. The van der Waals surface area contributed by atoms with Gasteiger partial charge in [0.25, 0.3) is 0 Å². The maximum Gasteiger partial charge on any atom is 0.193 e. The second-order valence-electron chi connectivity index (χ2n) is 8.15. The number of benzene rings is 3. The molecule has 3 aromatic carbocycles. The normalized spacial score (nSPS) is 10.9. The Morgan fingerprint density at radius 2 is 1.47 bits per heavy atom. The van der Waals surface area contributed by atoms with Crippen molar-refractivity contribution in [2.45, 2.75) is 13.3 Å². The van der Waals surface area contributed by atoms with Gasteiger partial charge in [-0.05, 0) is 42.8 Å². The molecule has 0 unspecified atom stereocenters. The van der Waals surface area contributed by atoms with Gasteiger partial charge in [-0.2, -0.15) is 0 Å². The molecule has 1 N–H and O–H groups in total. The molecule has 0 aliphatic rings. The molecule has 0 spiro atoms. The molecule has 0 atom stereocenters. The highest BCUT2D eigenvalue weighted by Crippen LogP contribution is 2.27. The van der Waals surface area contributed by atoms with E-state index in [1.54, 1.807) is 12.1 Å². The highest BCUT2D eigenvalue weighted by atomic mass is 16.1. The molecule has 0 saturated heterocycles. The fourth-order valence-electron chi connectivity index (χ4n) is 4.13. The lowest BCUT2D eigenvalue weighted by molar-refractivity contribution is 0.0994. The molecule has 5 heteroatoms. The third-order valence-corrected chi connectivity index (χ3v) is 5.66. The summed E-state index contributed by atoms with van der Waals surface area (Å²) < 4.78 is 1.90. The van der Waals surface area contributed by atoms with E-state index in [1.165, 1.54) is 0 Å². The van der Waals surface area contributed by atoms with Gasteiger partial charge in [-0.25, -0.2) is 4.98 Å². The number of anilines is 2. The second kappa shape index (κ2) is 9.16. The summed E-state index contributed by atoms with van der Waals surface area (Å²) in [6, 6.07) is 32.2. The minimum absolute atomic E-state index is 0.109. The van der Waals surface area contributed by atoms with E-state index in [4.69, 9.17) is 4.98 Å². The minimum Gasteiger partial charge on any atom is -0.341 e. The van der Waals surface area contributed by atoms with Crippen LogP contribution in [-0.2, 0) is 6.42 Å². The summed E-state index contributed by atoms with van der Waals surface area (Å²) in [4.78, 5) is 31.5. The summed E-state index contributed by atoms with van der Waals surface area (Å²) in [5, 5.41) is 3.68. The molecular weight excluding hydrogens is 422 g/mol. The third kappa shape index (κ3) is 4.24. The Hall–Kier alpha value is -4.51. The lowest BCUT2D eigenvalue weighted by atomic mass is 9.99. The van der Waals surface area contributed by atoms with E-state index >= 15 is 0 Å². The Bertz CT molecular complexity index is 1530. The van der Waals surface area contributed by atoms with E-state index in [0.29, 0.717) is 28.1 Å². The molecule has 2 heterocycles. The van der Waals surface area contributed by atoms with Gasteiger partial charge in [-0.15, -0.1) is 0 Å². The quantitative estimate of drug-likeness (QED) is 0.332. The number of Topliss-reactive ketones (excluding diaryl/α,β-unsaturated/α-hetero) is 1. The molecular formula is C29H23N3O2. The number of pyridine rings is 2. The fraction of sp³-hybridized carbons (Fsp3) is 0.0690. The first-order valence-electron chi connectivity index (χ1n) is 11.1. The topological polar surface area (TPSA) is 64.0 Å². The van der Waals surface area contributed by atoms with Crippen molar-refractivity contribution in [3.63, 3.8) is 0 Å². The zero-order valence-corrected chi connectivity index (χ0v) is 18.7. The fourth-order valence-corrected chi connectivity index (χ4v) is 4.13. The lowest BCUT2D eigenvalue weighted by Crippen LogP contribution is -2.18. The van der Waals surface area contributed by atoms with Crippen LogP contribution in [-0.4, -0.2) is 15.3 Å². The van der Waals surface area contributed by atoms with E-state index in [0.717, 1.165) is 16.9 Å². The van der Waals surface area contributed by atoms with Gasteiger partial charge in [0.15, 0.2) is 16.9 Å². The first-order valence-corrected chi connectivity index (χ1v) is 11.1. The predicted octanol–water partition coefficient (Wildman–Crippen LogP) is 5.86. The molecule has 0 amide bonds. The van der Waals surface area contributed by atoms with Crippen LogP contribution in [0.5, 0.6) is 0 Å². The SMILES string of the molecule is Cc1cc(C(=O)Cc2ccccc2)c2c(=O)cc(Nc3ccccc3)n(-c3ccccc3)c2n1. The standard InChI is InChI=1S/C29H23N3O2/c1-20-17-24(25(33)18-21-11-5-2-6-12-21)28-26(34)19-27(31-22-13-7-3-8-14-22)32(29(28)30-20)23-15-9-4-10-16-23/h2-17,19,31H,18H2,1H3. The molecule has 2 aromatic heterocycles. The van der Waals surface area contributed by atoms with Gasteiger partial charge in [0.05, 0.1) is 5.39 Å². The van der Waals surface area contributed by atoms with Crippen molar-refractivity contribution in [1.29, 1.82) is 0 Å². The molecule has 5 rings (SSSR count). The number of carbonyl (C=O) groups is 1. The number of para-hydroxylation sites is 2. The highest BCUT2D eigenvalue weighted by molar-refractivity contribution is 6.08. The molecule has 0 radical (unpaired) electrons. The largest absolute Gasteiger partial charge is 0.341 e. The molecule has 5 aromatic rings. The average molecular weight is 446 g/mol. The Labute approximate surface area is 197 Å². The predicted molar refractivity (Wildman–Crippen MR) is 136 cm³/mol. The summed E-state index contributed by atoms with van der Waals surface area (Å²) in [6.45, 7) is 1.84. The second-order valence-corrected chi connectivity index (χ2v) is 8.15. The number of carbonyl (C=O) groups excluding carboxylic acids is 1. The highest BCUT2D eigenvalue weighted by Gasteiger charge is 2.20. The minimum atomic E-state index is -0.246. The number of hydrogen-bond donors (Lipinski definition) is 1. The Morgan fingerprint density at radius 3 is 2.15 bits per heavy atom. The Morgan fingerprint density at radius 1 is 0.853 bits per heavy atom. The van der Waals surface area contributed by atoms with Crippen LogP contribution in [0.3, 0.4) is 0 Å². The van der Waals surface area contributed by atoms with Gasteiger partial charge in [0, 0.05) is 35.1 Å². The van der Waals surface area contributed by atoms with Gasteiger partial charge in [-0.1, -0.05) is 66.7 Å². The van der Waals surface area contributed by atoms with Gasteiger partial charge in [0.1, 0.15) is 5.82 Å². The van der Waals surface area contributed by atoms with Crippen molar-refractivity contribution in [3.05, 3.63) is 130 Å². The third-order valence-electron chi connectivity index (χ3n) is 5.66. The van der Waals surface area contributed by atoms with Crippen LogP contribution in [0.25, 0.3) is 16.7 Å². The van der Waals surface area contributed by atoms with E-state index in [2.05, 4.69) is 5.32 Å². The first kappa shape index (κ1) is 21.3. The van der Waals surface area contributed by atoms with Gasteiger partial charge in [0.2, 0.25) is 0 Å². The van der Waals surface area contributed by atoms with Crippen molar-refractivity contribution in [1.82, 2.24) is 9.55 Å². The molecule has 0 fully saturated rings. The van der Waals surface area contributed by atoms with Crippen molar-refractivity contribution in [2.24, 2.45) is 0 Å². The van der Waals surface area contributed by atoms with Crippen LogP contribution in [0.2, 0.25) is 0 Å². The molecule has 0 bridgehead atoms. The molecule has 5 nitrogen and oxygen atoms in total. The van der Waals surface area contributed by atoms with Gasteiger partial charge < -0.3 is 5.32 Å². The van der Waals surface area contributed by atoms with E-state index in [1.807, 2.05) is 102 Å². The zero-order chi connectivity index (χ0) is 23.5. The van der Waals surface area contributed by atoms with Crippen LogP contribution < -0.4 is 10.7 Å². The van der Waals surface area contributed by atoms with Crippen LogP contribution >= 0.6 is 0 Å². The van der Waals surface area contributed by atoms with Gasteiger partial charge >= 0.3 is 0 Å². The van der Waals surface area contributed by atoms with Crippen LogP contribution in [0.15, 0.2) is 108 Å². The number of ketones is 1. The molecule has 0 saturated carbocycles. The maximum atomic E-state index is 13.4. The molecule has 34 heavy (non-hydrogen) atoms. The van der Waals surface area contributed by atoms with Crippen molar-refractivity contribution in [2.75, 3.05) is 5.32 Å². The summed E-state index contributed by atoms with van der Waals surface area (Å²) >= 11 is 0. The van der Waals surface area contributed by atoms with Crippen molar-refractivity contribution >= 4 is 28.3 Å². The molecule has 0 aliphatic carbocycles. The van der Waals surface area contributed by atoms with Gasteiger partial charge in [-0.3, -0.25) is 14.2 Å². The van der Waals surface area contributed by atoms with Crippen LogP contribution in [0, 0.1) is 6.92 Å². The number of aryl methyl sites for hydroxylation is 1. The first-order chi connectivity index (χ1) is 16.6. The molecule has 0 aliphatic heterocycles. The zero-order valence-electron chi connectivity index (χ0n) is 18.7. The number of nitrogens with one attached hydrogen (secondary N) is 1. The van der Waals surface area contributed by atoms with Crippen molar-refractivity contribution in [3.8, 4) is 5.69 Å². The molecule has 166 valence electrons. The lowest BCUT2D eigenvalue weighted by Gasteiger charge is -2.19. The Balaban J connectivity index is 1.74.